The maximum Gasteiger partial charge on any atom is 0.274 e. The van der Waals surface area contributed by atoms with Gasteiger partial charge in [-0.3, -0.25) is 14.4 Å². The summed E-state index contributed by atoms with van der Waals surface area (Å²) in [6, 6.07) is 15.4. The molecule has 0 aliphatic heterocycles. The molecule has 0 aliphatic rings. The monoisotopic (exact) mass is 480 g/mol. The van der Waals surface area contributed by atoms with E-state index in [1.54, 1.807) is 49.4 Å². The lowest BCUT2D eigenvalue weighted by molar-refractivity contribution is 0.0989. The molecule has 0 aliphatic carbocycles. The highest BCUT2D eigenvalue weighted by atomic mass is 35.5. The zero-order valence-electron chi connectivity index (χ0n) is 18.0. The predicted octanol–water partition coefficient (Wildman–Crippen LogP) is 5.17. The average molecular weight is 481 g/mol. The Kier molecular flexibility index (Phi) is 6.57. The Hall–Kier alpha value is -3.49. The van der Waals surface area contributed by atoms with Gasteiger partial charge in [-0.15, -0.1) is 0 Å². The van der Waals surface area contributed by atoms with Crippen LogP contribution in [0.2, 0.25) is 5.02 Å². The molecular weight excluding hydrogens is 460 g/mol. The lowest BCUT2D eigenvalue weighted by atomic mass is 10.2. The fourth-order valence-electron chi connectivity index (χ4n) is 3.42. The van der Waals surface area contributed by atoms with Gasteiger partial charge in [-0.05, 0) is 49.2 Å². The number of aromatic nitrogens is 2. The van der Waals surface area contributed by atoms with Crippen molar-refractivity contribution in [3.05, 3.63) is 91.8 Å². The quantitative estimate of drug-likeness (QED) is 0.398. The van der Waals surface area contributed by atoms with Crippen molar-refractivity contribution >= 4 is 51.1 Å². The van der Waals surface area contributed by atoms with Gasteiger partial charge in [0.2, 0.25) is 0 Å². The van der Waals surface area contributed by atoms with Crippen molar-refractivity contribution in [2.24, 2.45) is 0 Å². The largest absolute Gasteiger partial charge is 0.321 e. The normalized spacial score (nSPS) is 10.9. The molecule has 2 N–H and O–H groups in total. The summed E-state index contributed by atoms with van der Waals surface area (Å²) in [7, 11) is 0. The third-order valence-corrected chi connectivity index (χ3v) is 6.24. The predicted molar refractivity (Wildman–Crippen MR) is 132 cm³/mol. The second-order valence-electron chi connectivity index (χ2n) is 7.47. The van der Waals surface area contributed by atoms with Crippen LogP contribution in [0, 0.1) is 6.92 Å². The summed E-state index contributed by atoms with van der Waals surface area (Å²) >= 11 is 7.03. The molecule has 0 spiro atoms. The Morgan fingerprint density at radius 1 is 1.06 bits per heavy atom. The van der Waals surface area contributed by atoms with Crippen LogP contribution in [0.5, 0.6) is 0 Å². The molecule has 2 aromatic heterocycles. The first kappa shape index (κ1) is 22.7. The van der Waals surface area contributed by atoms with Crippen LogP contribution in [0.3, 0.4) is 0 Å². The fourth-order valence-corrected chi connectivity index (χ4v) is 4.69. The van der Waals surface area contributed by atoms with Crippen molar-refractivity contribution < 1.29 is 9.59 Å². The molecule has 0 fully saturated rings. The van der Waals surface area contributed by atoms with Gasteiger partial charge in [-0.1, -0.05) is 54.5 Å². The number of carbonyl (C=O) groups is 2. The maximum absolute atomic E-state index is 13.4. The Balaban J connectivity index is 1.82. The van der Waals surface area contributed by atoms with Crippen LogP contribution >= 0.6 is 22.9 Å². The highest BCUT2D eigenvalue weighted by molar-refractivity contribution is 7.19. The van der Waals surface area contributed by atoms with Crippen LogP contribution in [-0.4, -0.2) is 21.2 Å². The number of anilines is 2. The lowest BCUT2D eigenvalue weighted by Gasteiger charge is -2.10. The second kappa shape index (κ2) is 9.56. The minimum atomic E-state index is -0.586. The molecule has 0 unspecified atom stereocenters. The molecule has 9 heteroatoms. The first-order valence-corrected chi connectivity index (χ1v) is 11.6. The van der Waals surface area contributed by atoms with E-state index >= 15 is 0 Å². The highest BCUT2D eigenvalue weighted by Gasteiger charge is 2.26. The van der Waals surface area contributed by atoms with Crippen molar-refractivity contribution in [2.45, 2.75) is 26.7 Å². The second-order valence-corrected chi connectivity index (χ2v) is 8.88. The molecule has 2 aromatic carbocycles. The number of rotatable bonds is 6. The summed E-state index contributed by atoms with van der Waals surface area (Å²) < 4.78 is 1.20. The van der Waals surface area contributed by atoms with E-state index in [2.05, 4.69) is 15.6 Å². The van der Waals surface area contributed by atoms with Gasteiger partial charge in [-0.25, -0.2) is 9.38 Å². The third-order valence-electron chi connectivity index (χ3n) is 4.97. The SMILES string of the molecule is CCCc1cc(=O)n2c(C(=O)Nc3ccc(Cl)cc3C)c(C(=O)Nc3ccccc3)sc2n1. The van der Waals surface area contributed by atoms with Crippen LogP contribution < -0.4 is 16.2 Å². The lowest BCUT2D eigenvalue weighted by Crippen LogP contribution is -2.25. The number of aryl methyl sites for hydroxylation is 2. The Morgan fingerprint density at radius 2 is 1.82 bits per heavy atom. The van der Waals surface area contributed by atoms with E-state index in [1.807, 2.05) is 13.0 Å². The summed E-state index contributed by atoms with van der Waals surface area (Å²) in [5.74, 6) is -1.08. The molecule has 0 saturated carbocycles. The van der Waals surface area contributed by atoms with Gasteiger partial charge in [-0.2, -0.15) is 0 Å². The number of nitrogens with zero attached hydrogens (tertiary/aromatic N) is 2. The van der Waals surface area contributed by atoms with Gasteiger partial charge in [0, 0.05) is 28.2 Å². The van der Waals surface area contributed by atoms with E-state index in [0.717, 1.165) is 23.3 Å². The molecule has 0 bridgehead atoms. The minimum absolute atomic E-state index is 0.0571. The zero-order chi connectivity index (χ0) is 23.5. The van der Waals surface area contributed by atoms with Gasteiger partial charge < -0.3 is 10.6 Å². The van der Waals surface area contributed by atoms with E-state index in [1.165, 1.54) is 10.5 Å². The maximum atomic E-state index is 13.4. The molecule has 2 amide bonds. The van der Waals surface area contributed by atoms with E-state index in [4.69, 9.17) is 11.6 Å². The van der Waals surface area contributed by atoms with Crippen LogP contribution in [0.1, 0.15) is 44.8 Å². The smallest absolute Gasteiger partial charge is 0.274 e. The molecule has 0 saturated heterocycles. The summed E-state index contributed by atoms with van der Waals surface area (Å²) in [5, 5.41) is 6.13. The van der Waals surface area contributed by atoms with E-state index in [-0.39, 0.29) is 10.6 Å². The molecule has 33 heavy (non-hydrogen) atoms. The van der Waals surface area contributed by atoms with E-state index < -0.39 is 17.4 Å². The Labute approximate surface area is 199 Å². The van der Waals surface area contributed by atoms with Crippen molar-refractivity contribution in [1.29, 1.82) is 0 Å². The minimum Gasteiger partial charge on any atom is -0.321 e. The molecule has 4 rings (SSSR count). The van der Waals surface area contributed by atoms with Crippen LogP contribution in [0.4, 0.5) is 11.4 Å². The van der Waals surface area contributed by atoms with Crippen LogP contribution in [0.25, 0.3) is 4.96 Å². The van der Waals surface area contributed by atoms with Gasteiger partial charge >= 0.3 is 0 Å². The summed E-state index contributed by atoms with van der Waals surface area (Å²) in [5.41, 5.74) is 2.02. The van der Waals surface area contributed by atoms with Gasteiger partial charge in [0.15, 0.2) is 4.96 Å². The van der Waals surface area contributed by atoms with E-state index in [0.29, 0.717) is 33.5 Å². The number of amides is 2. The number of nitrogens with one attached hydrogen (secondary N) is 2. The standard InChI is InChI=1S/C24H21ClN4O3S/c1-3-7-17-13-19(30)29-20(22(31)28-18-11-10-15(25)12-14(18)2)21(33-24(29)27-17)23(32)26-16-8-5-4-6-9-16/h4-6,8-13H,3,7H2,1-2H3,(H,26,32)(H,28,31). The van der Waals surface area contributed by atoms with E-state index in [9.17, 15) is 14.4 Å². The summed E-state index contributed by atoms with van der Waals surface area (Å²) in [4.78, 5) is 44.4. The number of thiazole rings is 1. The molecule has 2 heterocycles. The molecule has 4 aromatic rings. The number of carbonyl (C=O) groups excluding carboxylic acids is 2. The average Bonchev–Trinajstić information content (AvgIpc) is 3.17. The Morgan fingerprint density at radius 3 is 2.52 bits per heavy atom. The topological polar surface area (TPSA) is 92.6 Å². The third kappa shape index (κ3) is 4.81. The van der Waals surface area contributed by atoms with Crippen molar-refractivity contribution in [1.82, 2.24) is 9.38 Å². The van der Waals surface area contributed by atoms with Crippen LogP contribution in [-0.2, 0) is 6.42 Å². The molecular formula is C24H21ClN4O3S. The van der Waals surface area contributed by atoms with Crippen molar-refractivity contribution in [3.63, 3.8) is 0 Å². The van der Waals surface area contributed by atoms with Crippen LogP contribution in [0.15, 0.2) is 59.4 Å². The first-order chi connectivity index (χ1) is 15.9. The van der Waals surface area contributed by atoms with Gasteiger partial charge in [0.05, 0.1) is 0 Å². The molecule has 0 atom stereocenters. The molecule has 0 radical (unpaired) electrons. The molecule has 168 valence electrons. The number of hydrogen-bond donors (Lipinski definition) is 2. The highest BCUT2D eigenvalue weighted by Crippen LogP contribution is 2.26. The van der Waals surface area contributed by atoms with Gasteiger partial charge in [0.1, 0.15) is 10.6 Å². The number of fused-ring (bicyclic) bond motifs is 1. The number of hydrogen-bond acceptors (Lipinski definition) is 5. The first-order valence-electron chi connectivity index (χ1n) is 10.4. The number of benzene rings is 2. The Bertz CT molecular complexity index is 1410. The zero-order valence-corrected chi connectivity index (χ0v) is 19.6. The van der Waals surface area contributed by atoms with Crippen molar-refractivity contribution in [2.75, 3.05) is 10.6 Å². The number of para-hydroxylation sites is 1. The van der Waals surface area contributed by atoms with Gasteiger partial charge in [0.25, 0.3) is 17.4 Å². The fraction of sp³-hybridized carbons (Fsp3) is 0.167. The molecule has 7 nitrogen and oxygen atoms in total. The van der Waals surface area contributed by atoms with Crippen molar-refractivity contribution in [3.8, 4) is 0 Å². The number of halogens is 1. The summed E-state index contributed by atoms with van der Waals surface area (Å²) in [6.45, 7) is 3.80. The summed E-state index contributed by atoms with van der Waals surface area (Å²) in [6.07, 6.45) is 1.44.